The Bertz CT molecular complexity index is 703. The smallest absolute Gasteiger partial charge is 0.478 e. The first kappa shape index (κ1) is 16.6. The van der Waals surface area contributed by atoms with E-state index >= 15 is 0 Å². The number of aliphatic hydroxyl groups is 1. The maximum atomic E-state index is 12.4. The molecule has 0 heterocycles. The molecule has 3 N–H and O–H groups in total. The number of nitrogens with one attached hydrogen (secondary N) is 1. The first-order valence-corrected chi connectivity index (χ1v) is 6.39. The van der Waals surface area contributed by atoms with E-state index in [1.54, 1.807) is 0 Å². The van der Waals surface area contributed by atoms with Crippen molar-refractivity contribution in [3.05, 3.63) is 59.7 Å². The zero-order chi connectivity index (χ0) is 17.0. The summed E-state index contributed by atoms with van der Waals surface area (Å²) in [7, 11) is 0. The van der Waals surface area contributed by atoms with Gasteiger partial charge in [0.1, 0.15) is 0 Å². The van der Waals surface area contributed by atoms with E-state index in [1.807, 2.05) is 0 Å². The zero-order valence-corrected chi connectivity index (χ0v) is 11.5. The van der Waals surface area contributed by atoms with Crippen LogP contribution in [0.15, 0.2) is 48.5 Å². The predicted octanol–water partition coefficient (Wildman–Crippen LogP) is 3.39. The third-order valence-electron chi connectivity index (χ3n) is 2.89. The highest BCUT2D eigenvalue weighted by molar-refractivity contribution is 5.89. The zero-order valence-electron chi connectivity index (χ0n) is 11.5. The van der Waals surface area contributed by atoms with Gasteiger partial charge >= 0.3 is 12.3 Å². The fraction of sp³-hybridized carbons (Fsp3) is 0.133. The van der Waals surface area contributed by atoms with Crippen LogP contribution in [0.4, 0.5) is 18.9 Å². The molecule has 0 saturated carbocycles. The summed E-state index contributed by atoms with van der Waals surface area (Å²) in [4.78, 5) is 11.1. The molecule has 0 aromatic heterocycles. The van der Waals surface area contributed by atoms with Gasteiger partial charge in [-0.15, -0.1) is 13.2 Å². The molecule has 0 fully saturated rings. The van der Waals surface area contributed by atoms with Crippen molar-refractivity contribution in [3.8, 4) is 5.75 Å². The van der Waals surface area contributed by atoms with Crippen LogP contribution in [-0.4, -0.2) is 22.5 Å². The van der Waals surface area contributed by atoms with Crippen LogP contribution in [0.2, 0.25) is 0 Å². The molecular formula is C15H12F3NO4. The Hall–Kier alpha value is -2.74. The van der Waals surface area contributed by atoms with Crippen molar-refractivity contribution in [1.82, 2.24) is 0 Å². The largest absolute Gasteiger partial charge is 0.573 e. The van der Waals surface area contributed by atoms with Gasteiger partial charge in [-0.05, 0) is 18.2 Å². The molecule has 0 aliphatic carbocycles. The number of ether oxygens (including phenoxy) is 1. The fourth-order valence-electron chi connectivity index (χ4n) is 1.95. The second-order valence-electron chi connectivity index (χ2n) is 4.48. The van der Waals surface area contributed by atoms with Gasteiger partial charge in [-0.3, -0.25) is 0 Å². The number of anilines is 1. The predicted molar refractivity (Wildman–Crippen MR) is 75.1 cm³/mol. The summed E-state index contributed by atoms with van der Waals surface area (Å²) in [6.07, 6.45) is -6.41. The molecule has 0 radical (unpaired) electrons. The van der Waals surface area contributed by atoms with Gasteiger partial charge in [-0.1, -0.05) is 30.3 Å². The van der Waals surface area contributed by atoms with E-state index in [2.05, 4.69) is 10.1 Å². The highest BCUT2D eigenvalue weighted by Crippen LogP contribution is 2.32. The van der Waals surface area contributed by atoms with Crippen LogP contribution in [0.1, 0.15) is 22.1 Å². The van der Waals surface area contributed by atoms with Gasteiger partial charge in [0.25, 0.3) is 0 Å². The van der Waals surface area contributed by atoms with E-state index in [4.69, 9.17) is 5.11 Å². The van der Waals surface area contributed by atoms with Gasteiger partial charge in [-0.2, -0.15) is 0 Å². The molecule has 23 heavy (non-hydrogen) atoms. The van der Waals surface area contributed by atoms with Crippen LogP contribution >= 0.6 is 0 Å². The number of aromatic carboxylic acids is 1. The number of hydrogen-bond donors (Lipinski definition) is 3. The van der Waals surface area contributed by atoms with Crippen molar-refractivity contribution in [2.45, 2.75) is 12.6 Å². The number of rotatable bonds is 5. The number of alkyl halides is 3. The second-order valence-corrected chi connectivity index (χ2v) is 4.48. The third kappa shape index (κ3) is 4.36. The molecule has 2 rings (SSSR count). The van der Waals surface area contributed by atoms with Crippen LogP contribution in [0, 0.1) is 0 Å². The van der Waals surface area contributed by atoms with Crippen LogP contribution in [-0.2, 0) is 0 Å². The Balaban J connectivity index is 2.28. The standard InChI is InChI=1S/C15H12F3NO4/c16-15(17,18)23-12-8-4-3-7-11(12)19-13(20)9-5-1-2-6-10(9)14(21)22/h1-8,13,19-20H,(H,21,22). The maximum Gasteiger partial charge on any atom is 0.573 e. The molecule has 5 nitrogen and oxygen atoms in total. The van der Waals surface area contributed by atoms with E-state index in [1.165, 1.54) is 42.5 Å². The Morgan fingerprint density at radius 1 is 1.09 bits per heavy atom. The monoisotopic (exact) mass is 327 g/mol. The summed E-state index contributed by atoms with van der Waals surface area (Å²) < 4.78 is 40.9. The van der Waals surface area contributed by atoms with E-state index < -0.39 is 24.3 Å². The first-order chi connectivity index (χ1) is 10.8. The molecule has 0 spiro atoms. The van der Waals surface area contributed by atoms with Gasteiger partial charge in [0.05, 0.1) is 11.3 Å². The summed E-state index contributed by atoms with van der Waals surface area (Å²) in [5, 5.41) is 21.6. The van der Waals surface area contributed by atoms with Crippen LogP contribution < -0.4 is 10.1 Å². The van der Waals surface area contributed by atoms with Crippen molar-refractivity contribution < 1.29 is 32.9 Å². The molecule has 0 bridgehead atoms. The number of aliphatic hydroxyl groups excluding tert-OH is 1. The number of carboxylic acid groups (broad SMARTS) is 1. The summed E-state index contributed by atoms with van der Waals surface area (Å²) in [5.74, 6) is -1.80. The van der Waals surface area contributed by atoms with Gasteiger partial charge in [0.15, 0.2) is 12.0 Å². The number of carbonyl (C=O) groups is 1. The lowest BCUT2D eigenvalue weighted by Crippen LogP contribution is -2.19. The molecular weight excluding hydrogens is 315 g/mol. The molecule has 0 aliphatic rings. The SMILES string of the molecule is O=C(O)c1ccccc1C(O)Nc1ccccc1OC(F)(F)F. The number of para-hydroxylation sites is 2. The Morgan fingerprint density at radius 2 is 1.70 bits per heavy atom. The second kappa shape index (κ2) is 6.57. The van der Waals surface area contributed by atoms with Crippen molar-refractivity contribution in [3.63, 3.8) is 0 Å². The minimum atomic E-state index is -4.89. The Kier molecular flexibility index (Phi) is 4.75. The topological polar surface area (TPSA) is 78.8 Å². The minimum absolute atomic E-state index is 0.0156. The maximum absolute atomic E-state index is 12.4. The molecule has 122 valence electrons. The number of carboxylic acids is 1. The lowest BCUT2D eigenvalue weighted by Gasteiger charge is -2.19. The number of hydrogen-bond acceptors (Lipinski definition) is 4. The van der Waals surface area contributed by atoms with Crippen molar-refractivity contribution >= 4 is 11.7 Å². The summed E-state index contributed by atoms with van der Waals surface area (Å²) in [5.41, 5.74) is -0.277. The normalized spacial score (nSPS) is 12.5. The first-order valence-electron chi connectivity index (χ1n) is 6.39. The molecule has 1 atom stereocenters. The van der Waals surface area contributed by atoms with E-state index in [-0.39, 0.29) is 16.8 Å². The highest BCUT2D eigenvalue weighted by atomic mass is 19.4. The molecule has 2 aromatic carbocycles. The van der Waals surface area contributed by atoms with Gasteiger partial charge in [-0.25, -0.2) is 4.79 Å². The quantitative estimate of drug-likeness (QED) is 0.734. The highest BCUT2D eigenvalue weighted by Gasteiger charge is 2.32. The van der Waals surface area contributed by atoms with Crippen molar-refractivity contribution in [1.29, 1.82) is 0 Å². The molecule has 2 aromatic rings. The lowest BCUT2D eigenvalue weighted by molar-refractivity contribution is -0.274. The third-order valence-corrected chi connectivity index (χ3v) is 2.89. The lowest BCUT2D eigenvalue weighted by atomic mass is 10.1. The van der Waals surface area contributed by atoms with Crippen LogP contribution in [0.5, 0.6) is 5.75 Å². The summed E-state index contributed by atoms with van der Waals surface area (Å²) >= 11 is 0. The molecule has 0 amide bonds. The molecule has 1 unspecified atom stereocenters. The van der Waals surface area contributed by atoms with E-state index in [0.717, 1.165) is 6.07 Å². The summed E-state index contributed by atoms with van der Waals surface area (Å²) in [6.45, 7) is 0. The number of halogens is 3. The van der Waals surface area contributed by atoms with Crippen molar-refractivity contribution in [2.24, 2.45) is 0 Å². The average molecular weight is 327 g/mol. The fourth-order valence-corrected chi connectivity index (χ4v) is 1.95. The van der Waals surface area contributed by atoms with Crippen molar-refractivity contribution in [2.75, 3.05) is 5.32 Å². The van der Waals surface area contributed by atoms with E-state index in [9.17, 15) is 23.1 Å². The molecule has 0 saturated heterocycles. The van der Waals surface area contributed by atoms with Gasteiger partial charge in [0, 0.05) is 5.56 Å². The van der Waals surface area contributed by atoms with E-state index in [0.29, 0.717) is 0 Å². The number of benzene rings is 2. The van der Waals surface area contributed by atoms with Crippen LogP contribution in [0.3, 0.4) is 0 Å². The molecule has 0 aliphatic heterocycles. The van der Waals surface area contributed by atoms with Gasteiger partial charge < -0.3 is 20.3 Å². The molecule has 8 heteroatoms. The Labute approximate surface area is 128 Å². The average Bonchev–Trinajstić information content (AvgIpc) is 2.47. The van der Waals surface area contributed by atoms with Gasteiger partial charge in [0.2, 0.25) is 0 Å². The van der Waals surface area contributed by atoms with Crippen LogP contribution in [0.25, 0.3) is 0 Å². The Morgan fingerprint density at radius 3 is 2.35 bits per heavy atom. The summed E-state index contributed by atoms with van der Waals surface area (Å²) in [6, 6.07) is 10.7. The minimum Gasteiger partial charge on any atom is -0.478 e.